The first-order valence-electron chi connectivity index (χ1n) is 6.44. The van der Waals surface area contributed by atoms with Gasteiger partial charge in [0, 0.05) is 0 Å². The molecule has 1 unspecified atom stereocenters. The summed E-state index contributed by atoms with van der Waals surface area (Å²) in [5.74, 6) is 1.11. The summed E-state index contributed by atoms with van der Waals surface area (Å²) < 4.78 is 15.7. The summed E-state index contributed by atoms with van der Waals surface area (Å²) in [6, 6.07) is 2.84. The maximum Gasteiger partial charge on any atom is 0.241 e. The minimum atomic E-state index is -0.544. The molecule has 6 heteroatoms. The molecule has 0 aliphatic heterocycles. The third-order valence-electron chi connectivity index (χ3n) is 2.90. The Labute approximate surface area is 119 Å². The molecule has 0 spiro atoms. The molecule has 112 valence electrons. The van der Waals surface area contributed by atoms with Gasteiger partial charge >= 0.3 is 0 Å². The van der Waals surface area contributed by atoms with E-state index in [0.717, 1.165) is 6.42 Å². The number of anilines is 1. The van der Waals surface area contributed by atoms with Crippen molar-refractivity contribution in [3.63, 3.8) is 0 Å². The van der Waals surface area contributed by atoms with Crippen molar-refractivity contribution < 1.29 is 19.0 Å². The number of carbonyl (C=O) groups is 1. The molecule has 20 heavy (non-hydrogen) atoms. The van der Waals surface area contributed by atoms with Crippen LogP contribution in [0, 0.1) is 0 Å². The lowest BCUT2D eigenvalue weighted by molar-refractivity contribution is -0.117. The Balaban J connectivity index is 3.04. The van der Waals surface area contributed by atoms with Gasteiger partial charge in [-0.1, -0.05) is 13.3 Å². The Bertz CT molecular complexity index is 463. The fraction of sp³-hybridized carbons (Fsp3) is 0.500. The van der Waals surface area contributed by atoms with Crippen LogP contribution in [0.1, 0.15) is 19.8 Å². The molecule has 0 bridgehead atoms. The van der Waals surface area contributed by atoms with Crippen LogP contribution in [0.4, 0.5) is 5.69 Å². The molecule has 6 nitrogen and oxygen atoms in total. The number of benzene rings is 1. The summed E-state index contributed by atoms with van der Waals surface area (Å²) in [6.07, 6.45) is 1.47. The standard InChI is InChI=1S/C14H22N2O4/c1-5-6-9(15)14(17)16-10-7-8-11(18-2)13(20-4)12(10)19-3/h7-9H,5-6,15H2,1-4H3,(H,16,17). The van der Waals surface area contributed by atoms with Crippen LogP contribution in [0.5, 0.6) is 17.2 Å². The van der Waals surface area contributed by atoms with E-state index in [1.54, 1.807) is 12.1 Å². The molecule has 1 rings (SSSR count). The first-order chi connectivity index (χ1) is 9.58. The number of rotatable bonds is 7. The van der Waals surface area contributed by atoms with Gasteiger partial charge in [0.15, 0.2) is 11.5 Å². The number of hydrogen-bond donors (Lipinski definition) is 2. The molecule has 0 radical (unpaired) electrons. The zero-order valence-electron chi connectivity index (χ0n) is 12.4. The average Bonchev–Trinajstić information content (AvgIpc) is 2.46. The Kier molecular flexibility index (Phi) is 6.11. The SMILES string of the molecule is CCCC(N)C(=O)Nc1ccc(OC)c(OC)c1OC. The summed E-state index contributed by atoms with van der Waals surface area (Å²) >= 11 is 0. The van der Waals surface area contributed by atoms with E-state index in [2.05, 4.69) is 5.32 Å². The quantitative estimate of drug-likeness (QED) is 0.796. The van der Waals surface area contributed by atoms with Crippen molar-refractivity contribution >= 4 is 11.6 Å². The molecule has 1 amide bonds. The monoisotopic (exact) mass is 282 g/mol. The summed E-state index contributed by atoms with van der Waals surface area (Å²) in [4.78, 5) is 12.0. The van der Waals surface area contributed by atoms with Crippen LogP contribution in [-0.4, -0.2) is 33.3 Å². The number of ether oxygens (including phenoxy) is 3. The van der Waals surface area contributed by atoms with E-state index in [-0.39, 0.29) is 5.91 Å². The number of nitrogens with two attached hydrogens (primary N) is 1. The Hall–Kier alpha value is -1.95. The van der Waals surface area contributed by atoms with Crippen molar-refractivity contribution in [2.24, 2.45) is 5.73 Å². The maximum absolute atomic E-state index is 12.0. The lowest BCUT2D eigenvalue weighted by Crippen LogP contribution is -2.35. The van der Waals surface area contributed by atoms with Crippen molar-refractivity contribution in [2.45, 2.75) is 25.8 Å². The molecular weight excluding hydrogens is 260 g/mol. The minimum Gasteiger partial charge on any atom is -0.493 e. The summed E-state index contributed by atoms with van der Waals surface area (Å²) in [7, 11) is 4.54. The number of hydrogen-bond acceptors (Lipinski definition) is 5. The first kappa shape index (κ1) is 16.1. The van der Waals surface area contributed by atoms with Gasteiger partial charge in [-0.15, -0.1) is 0 Å². The highest BCUT2D eigenvalue weighted by Crippen LogP contribution is 2.42. The van der Waals surface area contributed by atoms with E-state index in [4.69, 9.17) is 19.9 Å². The van der Waals surface area contributed by atoms with E-state index in [0.29, 0.717) is 29.4 Å². The third kappa shape index (κ3) is 3.54. The molecule has 0 heterocycles. The topological polar surface area (TPSA) is 82.8 Å². The van der Waals surface area contributed by atoms with Gasteiger partial charge in [0.25, 0.3) is 0 Å². The van der Waals surface area contributed by atoms with Crippen molar-refractivity contribution in [1.29, 1.82) is 0 Å². The van der Waals surface area contributed by atoms with E-state index in [1.165, 1.54) is 21.3 Å². The van der Waals surface area contributed by atoms with Gasteiger partial charge in [-0.25, -0.2) is 0 Å². The number of nitrogens with one attached hydrogen (secondary N) is 1. The molecular formula is C14H22N2O4. The van der Waals surface area contributed by atoms with E-state index in [1.807, 2.05) is 6.92 Å². The van der Waals surface area contributed by atoms with Gasteiger partial charge in [-0.05, 0) is 18.6 Å². The van der Waals surface area contributed by atoms with Crippen LogP contribution < -0.4 is 25.3 Å². The smallest absolute Gasteiger partial charge is 0.241 e. The molecule has 1 atom stereocenters. The summed E-state index contributed by atoms with van der Waals surface area (Å²) in [5.41, 5.74) is 6.29. The number of methoxy groups -OCH3 is 3. The highest BCUT2D eigenvalue weighted by Gasteiger charge is 2.19. The molecule has 0 saturated carbocycles. The van der Waals surface area contributed by atoms with E-state index >= 15 is 0 Å². The Morgan fingerprint density at radius 2 is 1.85 bits per heavy atom. The molecule has 0 saturated heterocycles. The third-order valence-corrected chi connectivity index (χ3v) is 2.90. The number of carbonyl (C=O) groups excluding carboxylic acids is 1. The second kappa shape index (κ2) is 7.59. The van der Waals surface area contributed by atoms with Crippen molar-refractivity contribution in [3.05, 3.63) is 12.1 Å². The van der Waals surface area contributed by atoms with Crippen molar-refractivity contribution in [3.8, 4) is 17.2 Å². The van der Waals surface area contributed by atoms with Crippen LogP contribution >= 0.6 is 0 Å². The molecule has 1 aromatic carbocycles. The second-order valence-corrected chi connectivity index (χ2v) is 4.27. The van der Waals surface area contributed by atoms with Gasteiger partial charge in [0.2, 0.25) is 11.7 Å². The van der Waals surface area contributed by atoms with Gasteiger partial charge < -0.3 is 25.3 Å². The van der Waals surface area contributed by atoms with Gasteiger partial charge in [-0.2, -0.15) is 0 Å². The van der Waals surface area contributed by atoms with Crippen LogP contribution in [0.2, 0.25) is 0 Å². The number of amides is 1. The summed E-state index contributed by atoms with van der Waals surface area (Å²) in [6.45, 7) is 1.98. The maximum atomic E-state index is 12.0. The average molecular weight is 282 g/mol. The fourth-order valence-corrected chi connectivity index (χ4v) is 1.87. The lowest BCUT2D eigenvalue weighted by atomic mass is 10.1. The van der Waals surface area contributed by atoms with Gasteiger partial charge in [0.05, 0.1) is 33.1 Å². The molecule has 0 fully saturated rings. The molecule has 0 aromatic heterocycles. The Morgan fingerprint density at radius 3 is 2.35 bits per heavy atom. The molecule has 0 aliphatic rings. The predicted molar refractivity (Wildman–Crippen MR) is 77.6 cm³/mol. The van der Waals surface area contributed by atoms with E-state index < -0.39 is 6.04 Å². The van der Waals surface area contributed by atoms with Gasteiger partial charge in [0.1, 0.15) is 0 Å². The molecule has 1 aromatic rings. The van der Waals surface area contributed by atoms with Crippen LogP contribution in [0.15, 0.2) is 12.1 Å². The minimum absolute atomic E-state index is 0.252. The normalized spacial score (nSPS) is 11.7. The second-order valence-electron chi connectivity index (χ2n) is 4.27. The van der Waals surface area contributed by atoms with Crippen molar-refractivity contribution in [2.75, 3.05) is 26.6 Å². The van der Waals surface area contributed by atoms with Gasteiger partial charge in [-0.3, -0.25) is 4.79 Å². The van der Waals surface area contributed by atoms with Crippen molar-refractivity contribution in [1.82, 2.24) is 0 Å². The lowest BCUT2D eigenvalue weighted by Gasteiger charge is -2.17. The Morgan fingerprint density at radius 1 is 1.20 bits per heavy atom. The highest BCUT2D eigenvalue weighted by atomic mass is 16.5. The zero-order chi connectivity index (χ0) is 15.1. The van der Waals surface area contributed by atoms with Crippen LogP contribution in [0.25, 0.3) is 0 Å². The van der Waals surface area contributed by atoms with Crippen LogP contribution in [0.3, 0.4) is 0 Å². The first-order valence-corrected chi connectivity index (χ1v) is 6.44. The zero-order valence-corrected chi connectivity index (χ0v) is 12.4. The molecule has 3 N–H and O–H groups in total. The highest BCUT2D eigenvalue weighted by molar-refractivity contribution is 5.96. The molecule has 0 aliphatic carbocycles. The summed E-state index contributed by atoms with van der Waals surface area (Å²) in [5, 5.41) is 2.75. The van der Waals surface area contributed by atoms with Crippen LogP contribution in [-0.2, 0) is 4.79 Å². The predicted octanol–water partition coefficient (Wildman–Crippen LogP) is 1.78. The fourth-order valence-electron chi connectivity index (χ4n) is 1.87. The van der Waals surface area contributed by atoms with E-state index in [9.17, 15) is 4.79 Å². The largest absolute Gasteiger partial charge is 0.493 e.